The Labute approximate surface area is 118 Å². The van der Waals surface area contributed by atoms with Crippen molar-refractivity contribution in [3.63, 3.8) is 0 Å². The van der Waals surface area contributed by atoms with Gasteiger partial charge in [0.2, 0.25) is 0 Å². The van der Waals surface area contributed by atoms with Crippen molar-refractivity contribution in [1.29, 1.82) is 0 Å². The third-order valence-electron chi connectivity index (χ3n) is 2.62. The first-order valence-corrected chi connectivity index (χ1v) is 6.31. The Hall–Kier alpha value is -1.95. The fourth-order valence-electron chi connectivity index (χ4n) is 1.63. The largest absolute Gasteiger partial charge is 0.496 e. The van der Waals surface area contributed by atoms with Crippen molar-refractivity contribution in [3.8, 4) is 17.2 Å². The normalized spacial score (nSPS) is 11.8. The van der Waals surface area contributed by atoms with Gasteiger partial charge in [-0.15, -0.1) is 0 Å². The van der Waals surface area contributed by atoms with Crippen LogP contribution in [-0.2, 0) is 9.53 Å². The van der Waals surface area contributed by atoms with Crippen LogP contribution in [0.5, 0.6) is 17.2 Å². The van der Waals surface area contributed by atoms with Crippen LogP contribution in [0.4, 0.5) is 0 Å². The molecular formula is C14H20O6. The van der Waals surface area contributed by atoms with E-state index in [0.717, 1.165) is 0 Å². The van der Waals surface area contributed by atoms with Crippen LogP contribution >= 0.6 is 0 Å². The first-order valence-electron chi connectivity index (χ1n) is 6.31. The van der Waals surface area contributed by atoms with Gasteiger partial charge in [-0.25, -0.2) is 4.79 Å². The second-order valence-corrected chi connectivity index (χ2v) is 3.97. The molecule has 6 heteroatoms. The molecule has 0 heterocycles. The van der Waals surface area contributed by atoms with Crippen molar-refractivity contribution in [3.05, 3.63) is 18.2 Å². The summed E-state index contributed by atoms with van der Waals surface area (Å²) in [4.78, 5) is 10.9. The summed E-state index contributed by atoms with van der Waals surface area (Å²) in [7, 11) is 3.10. The van der Waals surface area contributed by atoms with E-state index in [0.29, 0.717) is 23.9 Å². The van der Waals surface area contributed by atoms with E-state index in [1.54, 1.807) is 39.3 Å². The number of carbonyl (C=O) groups is 1. The standard InChI is InChI=1S/C14H20O6/c1-4-19-13(14(15)16)5-6-20-12-8-10(17-2)7-11(9-12)18-3/h7-9,13H,4-6H2,1-3H3,(H,15,16). The molecule has 0 aliphatic rings. The van der Waals surface area contributed by atoms with E-state index in [2.05, 4.69) is 0 Å². The molecule has 1 aromatic rings. The third-order valence-corrected chi connectivity index (χ3v) is 2.62. The van der Waals surface area contributed by atoms with Gasteiger partial charge in [0.1, 0.15) is 17.2 Å². The lowest BCUT2D eigenvalue weighted by molar-refractivity contribution is -0.150. The molecule has 112 valence electrons. The first kappa shape index (κ1) is 16.1. The average molecular weight is 284 g/mol. The first-order chi connectivity index (χ1) is 9.60. The van der Waals surface area contributed by atoms with Crippen LogP contribution in [0.2, 0.25) is 0 Å². The van der Waals surface area contributed by atoms with Gasteiger partial charge in [-0.3, -0.25) is 0 Å². The Morgan fingerprint density at radius 2 is 1.70 bits per heavy atom. The second kappa shape index (κ2) is 8.27. The third kappa shape index (κ3) is 4.97. The van der Waals surface area contributed by atoms with E-state index in [1.807, 2.05) is 0 Å². The Kier molecular flexibility index (Phi) is 6.66. The van der Waals surface area contributed by atoms with Gasteiger partial charge in [-0.2, -0.15) is 0 Å². The molecule has 0 aromatic heterocycles. The molecule has 0 amide bonds. The van der Waals surface area contributed by atoms with E-state index in [9.17, 15) is 4.79 Å². The minimum atomic E-state index is -0.987. The molecule has 1 atom stereocenters. The van der Waals surface area contributed by atoms with E-state index in [1.165, 1.54) is 0 Å². The van der Waals surface area contributed by atoms with Crippen LogP contribution in [0.15, 0.2) is 18.2 Å². The van der Waals surface area contributed by atoms with E-state index in [4.69, 9.17) is 24.1 Å². The zero-order chi connectivity index (χ0) is 15.0. The highest BCUT2D eigenvalue weighted by atomic mass is 16.5. The smallest absolute Gasteiger partial charge is 0.332 e. The molecule has 0 radical (unpaired) electrons. The number of rotatable bonds is 9. The minimum Gasteiger partial charge on any atom is -0.496 e. The lowest BCUT2D eigenvalue weighted by atomic mass is 10.2. The summed E-state index contributed by atoms with van der Waals surface area (Å²) in [6.45, 7) is 2.33. The van der Waals surface area contributed by atoms with Gasteiger partial charge < -0.3 is 24.1 Å². The molecule has 1 aromatic carbocycles. The highest BCUT2D eigenvalue weighted by molar-refractivity contribution is 5.72. The monoisotopic (exact) mass is 284 g/mol. The molecule has 1 N–H and O–H groups in total. The lowest BCUT2D eigenvalue weighted by Gasteiger charge is -2.14. The molecule has 0 saturated heterocycles. The van der Waals surface area contributed by atoms with Crippen molar-refractivity contribution in [2.24, 2.45) is 0 Å². The molecule has 20 heavy (non-hydrogen) atoms. The topological polar surface area (TPSA) is 74.2 Å². The number of hydrogen-bond donors (Lipinski definition) is 1. The SMILES string of the molecule is CCOC(CCOc1cc(OC)cc(OC)c1)C(=O)O. The van der Waals surface area contributed by atoms with Crippen molar-refractivity contribution in [2.75, 3.05) is 27.4 Å². The van der Waals surface area contributed by atoms with Crippen LogP contribution in [0.3, 0.4) is 0 Å². The Morgan fingerprint density at radius 1 is 1.15 bits per heavy atom. The molecular weight excluding hydrogens is 264 g/mol. The van der Waals surface area contributed by atoms with Gasteiger partial charge in [0.25, 0.3) is 0 Å². The van der Waals surface area contributed by atoms with Crippen molar-refractivity contribution in [1.82, 2.24) is 0 Å². The number of methoxy groups -OCH3 is 2. The Balaban J connectivity index is 2.58. The summed E-state index contributed by atoms with van der Waals surface area (Å²) >= 11 is 0. The zero-order valence-corrected chi connectivity index (χ0v) is 11.9. The maximum Gasteiger partial charge on any atom is 0.332 e. The molecule has 0 spiro atoms. The molecule has 0 aliphatic carbocycles. The highest BCUT2D eigenvalue weighted by Crippen LogP contribution is 2.27. The van der Waals surface area contributed by atoms with E-state index < -0.39 is 12.1 Å². The summed E-state index contributed by atoms with van der Waals surface area (Å²) in [5.41, 5.74) is 0. The number of ether oxygens (including phenoxy) is 4. The van der Waals surface area contributed by atoms with Crippen LogP contribution in [0.25, 0.3) is 0 Å². The minimum absolute atomic E-state index is 0.229. The number of hydrogen-bond acceptors (Lipinski definition) is 5. The Morgan fingerprint density at radius 3 is 2.15 bits per heavy atom. The molecule has 0 fully saturated rings. The van der Waals surface area contributed by atoms with Gasteiger partial charge >= 0.3 is 5.97 Å². The van der Waals surface area contributed by atoms with E-state index >= 15 is 0 Å². The summed E-state index contributed by atoms with van der Waals surface area (Å²) in [6, 6.07) is 5.14. The molecule has 0 saturated carbocycles. The number of carboxylic acid groups (broad SMARTS) is 1. The van der Waals surface area contributed by atoms with Crippen LogP contribution in [0.1, 0.15) is 13.3 Å². The van der Waals surface area contributed by atoms with Gasteiger partial charge in [0.15, 0.2) is 6.10 Å². The lowest BCUT2D eigenvalue weighted by Crippen LogP contribution is -2.26. The molecule has 6 nitrogen and oxygen atoms in total. The summed E-state index contributed by atoms with van der Waals surface area (Å²) in [5.74, 6) is 0.790. The maximum atomic E-state index is 10.9. The molecule has 0 bridgehead atoms. The number of aliphatic carboxylic acids is 1. The predicted molar refractivity (Wildman–Crippen MR) is 72.7 cm³/mol. The van der Waals surface area contributed by atoms with Crippen molar-refractivity contribution >= 4 is 5.97 Å². The average Bonchev–Trinajstić information content (AvgIpc) is 2.45. The Bertz CT molecular complexity index is 409. The summed E-state index contributed by atoms with van der Waals surface area (Å²) < 4.78 is 20.9. The fraction of sp³-hybridized carbons (Fsp3) is 0.500. The van der Waals surface area contributed by atoms with Crippen LogP contribution in [0, 0.1) is 0 Å². The van der Waals surface area contributed by atoms with Gasteiger partial charge in [-0.1, -0.05) is 0 Å². The van der Waals surface area contributed by atoms with Gasteiger partial charge in [-0.05, 0) is 6.92 Å². The zero-order valence-electron chi connectivity index (χ0n) is 11.9. The van der Waals surface area contributed by atoms with Gasteiger partial charge in [0.05, 0.1) is 20.8 Å². The van der Waals surface area contributed by atoms with E-state index in [-0.39, 0.29) is 13.0 Å². The number of carboxylic acids is 1. The second-order valence-electron chi connectivity index (χ2n) is 3.97. The van der Waals surface area contributed by atoms with Crippen LogP contribution < -0.4 is 14.2 Å². The molecule has 0 aliphatic heterocycles. The fourth-order valence-corrected chi connectivity index (χ4v) is 1.63. The maximum absolute atomic E-state index is 10.9. The predicted octanol–water partition coefficient (Wildman–Crippen LogP) is 1.96. The highest BCUT2D eigenvalue weighted by Gasteiger charge is 2.17. The van der Waals surface area contributed by atoms with Crippen LogP contribution in [-0.4, -0.2) is 44.6 Å². The quantitative estimate of drug-likeness (QED) is 0.747. The summed E-state index contributed by atoms with van der Waals surface area (Å²) in [5, 5.41) is 8.95. The van der Waals surface area contributed by atoms with Gasteiger partial charge in [0, 0.05) is 31.2 Å². The van der Waals surface area contributed by atoms with Crippen molar-refractivity contribution in [2.45, 2.75) is 19.4 Å². The molecule has 1 unspecified atom stereocenters. The number of benzene rings is 1. The summed E-state index contributed by atoms with van der Waals surface area (Å²) in [6.07, 6.45) is -0.588. The molecule has 1 rings (SSSR count). The van der Waals surface area contributed by atoms with Crippen molar-refractivity contribution < 1.29 is 28.8 Å².